The van der Waals surface area contributed by atoms with Gasteiger partial charge in [0.2, 0.25) is 0 Å². The molecule has 0 spiro atoms. The molecular weight excluding hydrogens is 494 g/mol. The normalized spacial score (nSPS) is 24.5. The van der Waals surface area contributed by atoms with Gasteiger partial charge in [-0.05, 0) is 92.8 Å². The van der Waals surface area contributed by atoms with Crippen molar-refractivity contribution in [3.05, 3.63) is 89.5 Å². The molecule has 0 amide bonds. The van der Waals surface area contributed by atoms with Crippen LogP contribution in [0.1, 0.15) is 81.4 Å². The smallest absolute Gasteiger partial charge is 0.153 e. The number of benzene rings is 2. The molecule has 2 N–H and O–H groups in total. The molecule has 2 aromatic rings. The number of Topliss-reactive ketones (excluding diaryl/α,β-unsaturated/α-hetero) is 2. The monoisotopic (exact) mass is 541 g/mol. The highest BCUT2D eigenvalue weighted by Gasteiger charge is 2.33. The third kappa shape index (κ3) is 7.18. The van der Waals surface area contributed by atoms with E-state index in [2.05, 4.69) is 65.4 Å². The van der Waals surface area contributed by atoms with E-state index in [1.165, 1.54) is 29.5 Å². The van der Waals surface area contributed by atoms with Crippen LogP contribution in [0, 0.1) is 0 Å². The third-order valence-electron chi connectivity index (χ3n) is 9.09. The summed E-state index contributed by atoms with van der Waals surface area (Å²) in [5, 5.41) is 0. The highest BCUT2D eigenvalue weighted by Crippen LogP contribution is 2.32. The van der Waals surface area contributed by atoms with Crippen molar-refractivity contribution in [1.82, 2.24) is 9.80 Å². The van der Waals surface area contributed by atoms with Gasteiger partial charge in [-0.15, -0.1) is 0 Å². The van der Waals surface area contributed by atoms with Gasteiger partial charge in [-0.25, -0.2) is 0 Å². The van der Waals surface area contributed by atoms with Crippen LogP contribution in [0.5, 0.6) is 0 Å². The van der Waals surface area contributed by atoms with Gasteiger partial charge in [0, 0.05) is 31.6 Å². The molecule has 2 aliphatic heterocycles. The molecule has 214 valence electrons. The van der Waals surface area contributed by atoms with E-state index in [1.54, 1.807) is 0 Å². The SMILES string of the molecule is C.C=C1CCC(N2CCC(c3ccccc3)CC2)C(=O)C1.C=C1CCC(N2CCc3cc(N)ccc3C2)C(=O)C1. The average Bonchev–Trinajstić information content (AvgIpc) is 2.94. The number of likely N-dealkylation sites (tertiary alicyclic amines) is 1. The van der Waals surface area contributed by atoms with Crippen LogP contribution in [0.4, 0.5) is 5.69 Å². The number of nitrogens with two attached hydrogens (primary N) is 1. The molecule has 3 fully saturated rings. The van der Waals surface area contributed by atoms with Gasteiger partial charge in [0.25, 0.3) is 0 Å². The summed E-state index contributed by atoms with van der Waals surface area (Å²) in [4.78, 5) is 29.0. The third-order valence-corrected chi connectivity index (χ3v) is 9.09. The Morgan fingerprint density at radius 3 is 1.90 bits per heavy atom. The zero-order chi connectivity index (χ0) is 27.4. The molecule has 4 aliphatic rings. The van der Waals surface area contributed by atoms with Crippen LogP contribution < -0.4 is 5.73 Å². The number of piperidine rings is 1. The summed E-state index contributed by atoms with van der Waals surface area (Å²) in [5.74, 6) is 1.40. The number of rotatable bonds is 3. The molecule has 2 aliphatic carbocycles. The van der Waals surface area contributed by atoms with Crippen molar-refractivity contribution in [3.8, 4) is 0 Å². The molecule has 5 heteroatoms. The van der Waals surface area contributed by atoms with Crippen LogP contribution >= 0.6 is 0 Å². The maximum atomic E-state index is 12.2. The Kier molecular flexibility index (Phi) is 10.2. The zero-order valence-corrected chi connectivity index (χ0v) is 23.2. The maximum Gasteiger partial charge on any atom is 0.153 e. The van der Waals surface area contributed by atoms with E-state index < -0.39 is 0 Å². The topological polar surface area (TPSA) is 66.6 Å². The van der Waals surface area contributed by atoms with Crippen molar-refractivity contribution in [2.75, 3.05) is 25.4 Å². The maximum absolute atomic E-state index is 12.2. The molecule has 6 rings (SSSR count). The van der Waals surface area contributed by atoms with Crippen LogP contribution in [0.15, 0.2) is 72.8 Å². The molecule has 0 aromatic heterocycles. The number of hydrogen-bond acceptors (Lipinski definition) is 5. The predicted octanol–water partition coefficient (Wildman–Crippen LogP) is 6.48. The van der Waals surface area contributed by atoms with Gasteiger partial charge in [0.15, 0.2) is 11.6 Å². The Balaban J connectivity index is 0.000000181. The highest BCUT2D eigenvalue weighted by molar-refractivity contribution is 5.87. The first kappa shape index (κ1) is 30.0. The number of carbonyl (C=O) groups excluding carboxylic acids is 2. The summed E-state index contributed by atoms with van der Waals surface area (Å²) < 4.78 is 0. The van der Waals surface area contributed by atoms with Crippen LogP contribution in [-0.2, 0) is 22.6 Å². The molecule has 40 heavy (non-hydrogen) atoms. The fraction of sp³-hybridized carbons (Fsp3) is 0.486. The Morgan fingerprint density at radius 1 is 0.700 bits per heavy atom. The summed E-state index contributed by atoms with van der Waals surface area (Å²) in [5.41, 5.74) is 13.0. The lowest BCUT2D eigenvalue weighted by molar-refractivity contribution is -0.126. The fourth-order valence-electron chi connectivity index (χ4n) is 6.81. The molecule has 2 heterocycles. The lowest BCUT2D eigenvalue weighted by Crippen LogP contribution is -2.46. The molecule has 2 unspecified atom stereocenters. The number of ketones is 2. The minimum absolute atomic E-state index is 0. The largest absolute Gasteiger partial charge is 0.399 e. The van der Waals surface area contributed by atoms with Crippen molar-refractivity contribution < 1.29 is 9.59 Å². The fourth-order valence-corrected chi connectivity index (χ4v) is 6.81. The zero-order valence-electron chi connectivity index (χ0n) is 23.2. The van der Waals surface area contributed by atoms with E-state index in [9.17, 15) is 9.59 Å². The number of nitrogen functional groups attached to an aromatic ring is 1. The lowest BCUT2D eigenvalue weighted by Gasteiger charge is -2.38. The second-order valence-electron chi connectivity index (χ2n) is 11.9. The number of nitrogens with zero attached hydrogens (tertiary/aromatic N) is 2. The van der Waals surface area contributed by atoms with E-state index in [-0.39, 0.29) is 19.5 Å². The second kappa shape index (κ2) is 13.6. The quantitative estimate of drug-likeness (QED) is 0.356. The Morgan fingerprint density at radius 2 is 1.30 bits per heavy atom. The van der Waals surface area contributed by atoms with Gasteiger partial charge < -0.3 is 5.73 Å². The van der Waals surface area contributed by atoms with E-state index in [1.807, 2.05) is 6.07 Å². The summed E-state index contributed by atoms with van der Waals surface area (Å²) in [7, 11) is 0. The van der Waals surface area contributed by atoms with E-state index in [0.717, 1.165) is 75.1 Å². The highest BCUT2D eigenvalue weighted by atomic mass is 16.1. The number of hydrogen-bond donors (Lipinski definition) is 1. The Labute approximate surface area is 241 Å². The molecule has 5 nitrogen and oxygen atoms in total. The molecule has 0 bridgehead atoms. The minimum Gasteiger partial charge on any atom is -0.399 e. The van der Waals surface area contributed by atoms with Crippen molar-refractivity contribution >= 4 is 17.3 Å². The van der Waals surface area contributed by atoms with Crippen LogP contribution in [0.3, 0.4) is 0 Å². The Hall–Kier alpha value is -3.02. The molecule has 2 saturated carbocycles. The van der Waals surface area contributed by atoms with Crippen molar-refractivity contribution in [2.45, 2.75) is 89.8 Å². The number of anilines is 1. The van der Waals surface area contributed by atoms with Gasteiger partial charge in [0.05, 0.1) is 12.1 Å². The van der Waals surface area contributed by atoms with Crippen molar-refractivity contribution in [2.24, 2.45) is 0 Å². The molecule has 1 saturated heterocycles. The van der Waals surface area contributed by atoms with Crippen LogP contribution in [0.25, 0.3) is 0 Å². The molecular formula is C35H47N3O2. The van der Waals surface area contributed by atoms with Crippen LogP contribution in [-0.4, -0.2) is 53.1 Å². The van der Waals surface area contributed by atoms with E-state index in [4.69, 9.17) is 5.73 Å². The summed E-state index contributed by atoms with van der Waals surface area (Å²) in [6.07, 6.45) is 8.43. The lowest BCUT2D eigenvalue weighted by atomic mass is 9.85. The molecule has 2 aromatic carbocycles. The number of allylic oxidation sites excluding steroid dienone is 2. The van der Waals surface area contributed by atoms with Crippen molar-refractivity contribution in [1.29, 1.82) is 0 Å². The standard InChI is InChI=1S/C18H23NO.C16H20N2O.CH4/c1-14-7-8-17(18(20)13-14)19-11-9-16(10-12-19)15-5-3-2-4-6-15;1-11-2-5-15(16(19)8-11)18-7-6-12-9-14(17)4-3-13(12)10-18;/h2-6,16-17H,1,7-13H2;3-4,9,15H,1-2,5-8,10,17H2;1H4. The van der Waals surface area contributed by atoms with E-state index in [0.29, 0.717) is 30.3 Å². The van der Waals surface area contributed by atoms with Gasteiger partial charge >= 0.3 is 0 Å². The first-order valence-electron chi connectivity index (χ1n) is 14.7. The van der Waals surface area contributed by atoms with Crippen LogP contribution in [0.2, 0.25) is 0 Å². The van der Waals surface area contributed by atoms with Gasteiger partial charge in [-0.3, -0.25) is 19.4 Å². The van der Waals surface area contributed by atoms with Gasteiger partial charge in [-0.2, -0.15) is 0 Å². The van der Waals surface area contributed by atoms with Gasteiger partial charge in [0.1, 0.15) is 0 Å². The van der Waals surface area contributed by atoms with E-state index >= 15 is 0 Å². The van der Waals surface area contributed by atoms with Crippen molar-refractivity contribution in [3.63, 3.8) is 0 Å². The Bertz CT molecular complexity index is 1210. The summed E-state index contributed by atoms with van der Waals surface area (Å²) in [6, 6.07) is 17.2. The summed E-state index contributed by atoms with van der Waals surface area (Å²) in [6.45, 7) is 11.8. The first-order chi connectivity index (χ1) is 18.9. The minimum atomic E-state index is 0. The first-order valence-corrected chi connectivity index (χ1v) is 14.7. The van der Waals surface area contributed by atoms with Gasteiger partial charge in [-0.1, -0.05) is 68.1 Å². The number of carbonyl (C=O) groups is 2. The molecule has 0 radical (unpaired) electrons. The number of fused-ring (bicyclic) bond motifs is 1. The second-order valence-corrected chi connectivity index (χ2v) is 11.9. The predicted molar refractivity (Wildman–Crippen MR) is 165 cm³/mol. The summed E-state index contributed by atoms with van der Waals surface area (Å²) >= 11 is 0. The molecule has 2 atom stereocenters. The average molecular weight is 542 g/mol.